The SMILES string of the molecule is CCOC(=O)c1c(C)[nH]c(C(=O)N2CCC[C@@H](C(=O)NCc3ccc(C)o3)C2)c1C. The molecule has 1 fully saturated rings. The number of likely N-dealkylation sites (tertiary alicyclic amines) is 1. The predicted octanol–water partition coefficient (Wildman–Crippen LogP) is 2.88. The summed E-state index contributed by atoms with van der Waals surface area (Å²) in [6.45, 7) is 8.60. The van der Waals surface area contributed by atoms with Gasteiger partial charge in [-0.3, -0.25) is 9.59 Å². The number of nitrogens with one attached hydrogen (secondary N) is 2. The predicted molar refractivity (Wildman–Crippen MR) is 110 cm³/mol. The van der Waals surface area contributed by atoms with Gasteiger partial charge in [-0.25, -0.2) is 4.79 Å². The summed E-state index contributed by atoms with van der Waals surface area (Å²) in [5, 5.41) is 2.90. The van der Waals surface area contributed by atoms with E-state index in [1.54, 1.807) is 25.7 Å². The summed E-state index contributed by atoms with van der Waals surface area (Å²) in [4.78, 5) is 42.6. The van der Waals surface area contributed by atoms with Crippen molar-refractivity contribution in [2.75, 3.05) is 19.7 Å². The topological polar surface area (TPSA) is 105 Å². The highest BCUT2D eigenvalue weighted by molar-refractivity contribution is 6.00. The van der Waals surface area contributed by atoms with E-state index in [-0.39, 0.29) is 24.3 Å². The number of hydrogen-bond acceptors (Lipinski definition) is 5. The van der Waals surface area contributed by atoms with E-state index in [1.165, 1.54) is 0 Å². The first-order valence-corrected chi connectivity index (χ1v) is 10.3. The highest BCUT2D eigenvalue weighted by Crippen LogP contribution is 2.24. The van der Waals surface area contributed by atoms with E-state index >= 15 is 0 Å². The third kappa shape index (κ3) is 4.58. The van der Waals surface area contributed by atoms with Crippen LogP contribution in [-0.2, 0) is 16.1 Å². The highest BCUT2D eigenvalue weighted by Gasteiger charge is 2.31. The normalized spacial score (nSPS) is 16.4. The van der Waals surface area contributed by atoms with Crippen molar-refractivity contribution in [3.05, 3.63) is 46.2 Å². The maximum Gasteiger partial charge on any atom is 0.340 e. The molecule has 1 atom stereocenters. The molecule has 8 heteroatoms. The first-order chi connectivity index (χ1) is 14.3. The highest BCUT2D eigenvalue weighted by atomic mass is 16.5. The minimum Gasteiger partial charge on any atom is -0.465 e. The Hall–Kier alpha value is -3.03. The molecule has 0 spiro atoms. The van der Waals surface area contributed by atoms with Crippen LogP contribution in [0.3, 0.4) is 0 Å². The van der Waals surface area contributed by atoms with Gasteiger partial charge >= 0.3 is 5.97 Å². The zero-order chi connectivity index (χ0) is 21.8. The standard InChI is InChI=1S/C22H29N3O5/c1-5-29-22(28)18-14(3)19(24-15(18)4)21(27)25-10-6-7-16(12-25)20(26)23-11-17-9-8-13(2)30-17/h8-9,16,24H,5-7,10-12H2,1-4H3,(H,23,26)/t16-/m1/s1. The van der Waals surface area contributed by atoms with Gasteiger partial charge in [0.2, 0.25) is 5.91 Å². The van der Waals surface area contributed by atoms with E-state index in [9.17, 15) is 14.4 Å². The Kier molecular flexibility index (Phi) is 6.64. The number of furan rings is 1. The number of nitrogens with zero attached hydrogens (tertiary/aromatic N) is 1. The van der Waals surface area contributed by atoms with Gasteiger partial charge in [-0.2, -0.15) is 0 Å². The number of H-pyrrole nitrogens is 1. The third-order valence-electron chi connectivity index (χ3n) is 5.44. The van der Waals surface area contributed by atoms with Crippen molar-refractivity contribution in [3.8, 4) is 0 Å². The molecule has 2 aromatic rings. The molecule has 30 heavy (non-hydrogen) atoms. The van der Waals surface area contributed by atoms with Crippen molar-refractivity contribution in [2.45, 2.75) is 47.1 Å². The molecule has 2 amide bonds. The molecule has 0 bridgehead atoms. The Morgan fingerprint density at radius 1 is 1.27 bits per heavy atom. The van der Waals surface area contributed by atoms with Gasteiger partial charge in [-0.15, -0.1) is 0 Å². The molecule has 1 aliphatic heterocycles. The summed E-state index contributed by atoms with van der Waals surface area (Å²) >= 11 is 0. The maximum atomic E-state index is 13.1. The van der Waals surface area contributed by atoms with Crippen LogP contribution in [0.1, 0.15) is 63.4 Å². The molecule has 3 heterocycles. The Balaban J connectivity index is 1.66. The lowest BCUT2D eigenvalue weighted by Gasteiger charge is -2.32. The average Bonchev–Trinajstić information content (AvgIpc) is 3.27. The van der Waals surface area contributed by atoms with Gasteiger partial charge in [0.1, 0.15) is 17.2 Å². The molecule has 1 aliphatic rings. The smallest absolute Gasteiger partial charge is 0.340 e. The minimum absolute atomic E-state index is 0.0897. The molecule has 8 nitrogen and oxygen atoms in total. The largest absolute Gasteiger partial charge is 0.465 e. The van der Waals surface area contributed by atoms with Crippen LogP contribution in [-0.4, -0.2) is 47.4 Å². The van der Waals surface area contributed by atoms with Crippen LogP contribution < -0.4 is 5.32 Å². The zero-order valence-corrected chi connectivity index (χ0v) is 18.0. The van der Waals surface area contributed by atoms with E-state index in [0.717, 1.165) is 18.6 Å². The van der Waals surface area contributed by atoms with Crippen LogP contribution in [0.4, 0.5) is 0 Å². The van der Waals surface area contributed by atoms with Crippen molar-refractivity contribution in [1.29, 1.82) is 0 Å². The van der Waals surface area contributed by atoms with Crippen molar-refractivity contribution in [1.82, 2.24) is 15.2 Å². The van der Waals surface area contributed by atoms with Crippen LogP contribution in [0.15, 0.2) is 16.5 Å². The van der Waals surface area contributed by atoms with E-state index in [1.807, 2.05) is 19.1 Å². The van der Waals surface area contributed by atoms with Gasteiger partial charge in [-0.1, -0.05) is 0 Å². The summed E-state index contributed by atoms with van der Waals surface area (Å²) in [5.74, 6) is 0.492. The number of piperidine rings is 1. The third-order valence-corrected chi connectivity index (χ3v) is 5.44. The fourth-order valence-electron chi connectivity index (χ4n) is 3.91. The minimum atomic E-state index is -0.438. The van der Waals surface area contributed by atoms with Gasteiger partial charge < -0.3 is 24.4 Å². The molecular weight excluding hydrogens is 386 g/mol. The maximum absolute atomic E-state index is 13.1. The number of aryl methyl sites for hydroxylation is 2. The molecule has 2 aromatic heterocycles. The monoisotopic (exact) mass is 415 g/mol. The number of amides is 2. The van der Waals surface area contributed by atoms with E-state index < -0.39 is 5.97 Å². The number of carbonyl (C=O) groups excluding carboxylic acids is 3. The number of aromatic amines is 1. The van der Waals surface area contributed by atoms with Gasteiger partial charge in [0, 0.05) is 18.8 Å². The molecule has 0 aromatic carbocycles. The fourth-order valence-corrected chi connectivity index (χ4v) is 3.91. The second kappa shape index (κ2) is 9.19. The Morgan fingerprint density at radius 3 is 2.70 bits per heavy atom. The summed E-state index contributed by atoms with van der Waals surface area (Å²) in [6.07, 6.45) is 1.47. The molecule has 162 valence electrons. The molecular formula is C22H29N3O5. The Morgan fingerprint density at radius 2 is 2.03 bits per heavy atom. The number of hydrogen-bond donors (Lipinski definition) is 2. The zero-order valence-electron chi connectivity index (χ0n) is 18.0. The molecule has 0 aliphatic carbocycles. The number of ether oxygens (including phenoxy) is 1. The quantitative estimate of drug-likeness (QED) is 0.706. The van der Waals surface area contributed by atoms with Gasteiger partial charge in [0.05, 0.1) is 24.6 Å². The lowest BCUT2D eigenvalue weighted by atomic mass is 9.96. The number of aromatic nitrogens is 1. The number of rotatable bonds is 6. The lowest BCUT2D eigenvalue weighted by Crippen LogP contribution is -2.45. The van der Waals surface area contributed by atoms with Crippen molar-refractivity contribution >= 4 is 17.8 Å². The van der Waals surface area contributed by atoms with Crippen LogP contribution in [0.25, 0.3) is 0 Å². The van der Waals surface area contributed by atoms with Crippen molar-refractivity contribution < 1.29 is 23.5 Å². The van der Waals surface area contributed by atoms with E-state index in [2.05, 4.69) is 10.3 Å². The summed E-state index contributed by atoms with van der Waals surface area (Å²) in [7, 11) is 0. The molecule has 0 unspecified atom stereocenters. The molecule has 1 saturated heterocycles. The summed E-state index contributed by atoms with van der Waals surface area (Å²) in [6, 6.07) is 3.69. The molecule has 0 saturated carbocycles. The van der Waals surface area contributed by atoms with Crippen LogP contribution in [0.2, 0.25) is 0 Å². The van der Waals surface area contributed by atoms with Crippen LogP contribution in [0.5, 0.6) is 0 Å². The van der Waals surface area contributed by atoms with Crippen LogP contribution >= 0.6 is 0 Å². The van der Waals surface area contributed by atoms with Gasteiger partial charge in [-0.05, 0) is 58.2 Å². The second-order valence-corrected chi connectivity index (χ2v) is 7.67. The fraction of sp³-hybridized carbons (Fsp3) is 0.500. The first kappa shape index (κ1) is 21.7. The van der Waals surface area contributed by atoms with Crippen molar-refractivity contribution in [2.24, 2.45) is 5.92 Å². The Labute approximate surface area is 176 Å². The van der Waals surface area contributed by atoms with Crippen molar-refractivity contribution in [3.63, 3.8) is 0 Å². The number of carbonyl (C=O) groups is 3. The first-order valence-electron chi connectivity index (χ1n) is 10.3. The second-order valence-electron chi connectivity index (χ2n) is 7.67. The number of esters is 1. The van der Waals surface area contributed by atoms with Crippen LogP contribution in [0, 0.1) is 26.7 Å². The molecule has 3 rings (SSSR count). The molecule has 2 N–H and O–H groups in total. The molecule has 0 radical (unpaired) electrons. The van der Waals surface area contributed by atoms with E-state index in [4.69, 9.17) is 9.15 Å². The average molecular weight is 415 g/mol. The summed E-state index contributed by atoms with van der Waals surface area (Å²) in [5.41, 5.74) is 1.97. The Bertz CT molecular complexity index is 943. The van der Waals surface area contributed by atoms with E-state index in [0.29, 0.717) is 47.9 Å². The van der Waals surface area contributed by atoms with Gasteiger partial charge in [0.25, 0.3) is 5.91 Å². The van der Waals surface area contributed by atoms with Gasteiger partial charge in [0.15, 0.2) is 0 Å². The summed E-state index contributed by atoms with van der Waals surface area (Å²) < 4.78 is 10.6. The lowest BCUT2D eigenvalue weighted by molar-refractivity contribution is -0.126.